The Bertz CT molecular complexity index is 1700. The molecule has 206 valence electrons. The Morgan fingerprint density at radius 3 is 2.68 bits per heavy atom. The largest absolute Gasteiger partial charge is 0.487 e. The van der Waals surface area contributed by atoms with Gasteiger partial charge in [0.25, 0.3) is 0 Å². The maximum atomic E-state index is 6.05. The second-order valence-corrected chi connectivity index (χ2v) is 10.8. The number of H-pyrrole nitrogens is 1. The number of likely N-dealkylation sites (N-methyl/N-ethyl adjacent to an activating group) is 1. The molecule has 0 amide bonds. The number of nitrogens with one attached hydrogen (secondary N) is 1. The summed E-state index contributed by atoms with van der Waals surface area (Å²) in [5.41, 5.74) is 9.28. The van der Waals surface area contributed by atoms with Gasteiger partial charge in [0.15, 0.2) is 0 Å². The van der Waals surface area contributed by atoms with E-state index < -0.39 is 0 Å². The molecule has 1 fully saturated rings. The van der Waals surface area contributed by atoms with Gasteiger partial charge in [-0.3, -0.25) is 15.0 Å². The highest BCUT2D eigenvalue weighted by molar-refractivity contribution is 6.15. The lowest BCUT2D eigenvalue weighted by molar-refractivity contribution is 0.305. The number of aromatic nitrogens is 4. The summed E-state index contributed by atoms with van der Waals surface area (Å²) in [6, 6.07) is 18.7. The van der Waals surface area contributed by atoms with Gasteiger partial charge in [-0.25, -0.2) is 4.98 Å². The van der Waals surface area contributed by atoms with Gasteiger partial charge in [-0.2, -0.15) is 0 Å². The van der Waals surface area contributed by atoms with Crippen molar-refractivity contribution in [1.29, 1.82) is 0 Å². The molecule has 0 unspecified atom stereocenters. The first-order valence-electron chi connectivity index (χ1n) is 14.3. The standard InChI is InChI=1S/C33H33N7O/c1-39-12-14-40(15-13-39)31-9-11-36-33-28(31)18-30(38-33)32-27-17-29(37-20-24(27)8-5-10-35-32)25-16-26(21-34-19-25)41-22-23-6-3-2-4-7-23/h2-4,6-7,9,11,16-21H,5,8,10,12-15,22H2,1H3,(H,36,38). The van der Waals surface area contributed by atoms with E-state index in [1.165, 1.54) is 11.3 Å². The fraction of sp³-hybridized carbons (Fsp3) is 0.273. The van der Waals surface area contributed by atoms with E-state index in [1.54, 1.807) is 6.20 Å². The van der Waals surface area contributed by atoms with Crippen molar-refractivity contribution in [3.8, 4) is 17.0 Å². The first-order valence-corrected chi connectivity index (χ1v) is 14.3. The normalized spacial score (nSPS) is 15.8. The summed E-state index contributed by atoms with van der Waals surface area (Å²) in [6.45, 7) is 5.41. The number of anilines is 1. The molecule has 1 saturated heterocycles. The summed E-state index contributed by atoms with van der Waals surface area (Å²) in [7, 11) is 2.18. The van der Waals surface area contributed by atoms with Gasteiger partial charge in [-0.15, -0.1) is 0 Å². The van der Waals surface area contributed by atoms with Crippen molar-refractivity contribution in [3.63, 3.8) is 0 Å². The summed E-state index contributed by atoms with van der Waals surface area (Å²) in [4.78, 5) is 27.5. The van der Waals surface area contributed by atoms with Crippen LogP contribution in [0.4, 0.5) is 5.69 Å². The van der Waals surface area contributed by atoms with Crippen LogP contribution in [0.25, 0.3) is 22.3 Å². The molecule has 7 rings (SSSR count). The summed E-state index contributed by atoms with van der Waals surface area (Å²) >= 11 is 0. The molecule has 8 heteroatoms. The van der Waals surface area contributed by atoms with E-state index in [9.17, 15) is 0 Å². The van der Waals surface area contributed by atoms with Crippen LogP contribution in [0.5, 0.6) is 5.75 Å². The van der Waals surface area contributed by atoms with E-state index in [0.29, 0.717) is 6.61 Å². The molecular weight excluding hydrogens is 510 g/mol. The molecule has 8 nitrogen and oxygen atoms in total. The van der Waals surface area contributed by atoms with E-state index in [0.717, 1.165) is 96.1 Å². The first kappa shape index (κ1) is 25.4. The number of hydrogen-bond acceptors (Lipinski definition) is 7. The number of aromatic amines is 1. The second kappa shape index (κ2) is 11.1. The van der Waals surface area contributed by atoms with Crippen LogP contribution in [0.3, 0.4) is 0 Å². The van der Waals surface area contributed by atoms with Gasteiger partial charge in [0.1, 0.15) is 18.0 Å². The summed E-state index contributed by atoms with van der Waals surface area (Å²) < 4.78 is 6.05. The van der Waals surface area contributed by atoms with E-state index in [-0.39, 0.29) is 0 Å². The number of rotatable bonds is 6. The fourth-order valence-electron chi connectivity index (χ4n) is 5.68. The number of ether oxygens (including phenoxy) is 1. The summed E-state index contributed by atoms with van der Waals surface area (Å²) in [5, 5.41) is 1.14. The molecule has 5 aromatic rings. The molecule has 1 aromatic carbocycles. The highest BCUT2D eigenvalue weighted by atomic mass is 16.5. The number of piperazine rings is 1. The van der Waals surface area contributed by atoms with Crippen LogP contribution in [-0.2, 0) is 13.0 Å². The van der Waals surface area contributed by atoms with Gasteiger partial charge in [0.2, 0.25) is 0 Å². The first-order chi connectivity index (χ1) is 20.2. The average Bonchev–Trinajstić information content (AvgIpc) is 3.34. The molecule has 2 aliphatic heterocycles. The van der Waals surface area contributed by atoms with Crippen LogP contribution in [-0.4, -0.2) is 70.3 Å². The van der Waals surface area contributed by atoms with Gasteiger partial charge in [-0.05, 0) is 55.3 Å². The predicted octanol–water partition coefficient (Wildman–Crippen LogP) is 5.13. The lowest BCUT2D eigenvalue weighted by atomic mass is 9.98. The molecule has 0 spiro atoms. The topological polar surface area (TPSA) is 82.5 Å². The SMILES string of the molecule is CN1CCN(c2ccnc3[nH]c(C4=NCCCc5cnc(-c6cncc(OCc7ccccc7)c6)cc54)cc23)CC1. The Labute approximate surface area is 239 Å². The molecule has 6 heterocycles. The number of hydrogen-bond donors (Lipinski definition) is 1. The highest BCUT2D eigenvalue weighted by Gasteiger charge is 2.22. The van der Waals surface area contributed by atoms with Crippen LogP contribution >= 0.6 is 0 Å². The monoisotopic (exact) mass is 543 g/mol. The zero-order chi connectivity index (χ0) is 27.6. The van der Waals surface area contributed by atoms with Crippen molar-refractivity contribution in [3.05, 3.63) is 102 Å². The van der Waals surface area contributed by atoms with Crippen LogP contribution in [0.1, 0.15) is 28.8 Å². The maximum Gasteiger partial charge on any atom is 0.139 e. The van der Waals surface area contributed by atoms with Crippen molar-refractivity contribution in [2.24, 2.45) is 4.99 Å². The van der Waals surface area contributed by atoms with Gasteiger partial charge in [0.05, 0.1) is 23.3 Å². The Morgan fingerprint density at radius 1 is 0.927 bits per heavy atom. The molecule has 0 radical (unpaired) electrons. The maximum absolute atomic E-state index is 6.05. The number of aryl methyl sites for hydroxylation is 1. The number of aliphatic imine (C=N–C) groups is 1. The van der Waals surface area contributed by atoms with E-state index >= 15 is 0 Å². The van der Waals surface area contributed by atoms with Crippen LogP contribution in [0.2, 0.25) is 0 Å². The fourth-order valence-corrected chi connectivity index (χ4v) is 5.68. The lowest BCUT2D eigenvalue weighted by Crippen LogP contribution is -2.44. The minimum atomic E-state index is 0.491. The lowest BCUT2D eigenvalue weighted by Gasteiger charge is -2.34. The third-order valence-corrected chi connectivity index (χ3v) is 7.98. The molecule has 0 atom stereocenters. The Hall–Kier alpha value is -4.56. The van der Waals surface area contributed by atoms with E-state index in [4.69, 9.17) is 14.7 Å². The van der Waals surface area contributed by atoms with Crippen molar-refractivity contribution in [1.82, 2.24) is 24.8 Å². The van der Waals surface area contributed by atoms with E-state index in [1.807, 2.05) is 42.9 Å². The average molecular weight is 544 g/mol. The van der Waals surface area contributed by atoms with Crippen LogP contribution in [0.15, 0.2) is 84.4 Å². The number of fused-ring (bicyclic) bond motifs is 2. The molecule has 1 N–H and O–H groups in total. The second-order valence-electron chi connectivity index (χ2n) is 10.8. The minimum Gasteiger partial charge on any atom is -0.487 e. The number of nitrogens with zero attached hydrogens (tertiary/aromatic N) is 6. The molecule has 2 aliphatic rings. The highest BCUT2D eigenvalue weighted by Crippen LogP contribution is 2.31. The third kappa shape index (κ3) is 5.30. The predicted molar refractivity (Wildman–Crippen MR) is 163 cm³/mol. The summed E-state index contributed by atoms with van der Waals surface area (Å²) in [5.74, 6) is 0.718. The Kier molecular flexibility index (Phi) is 6.90. The van der Waals surface area contributed by atoms with Crippen LogP contribution in [0, 0.1) is 0 Å². The molecule has 0 saturated carbocycles. The minimum absolute atomic E-state index is 0.491. The number of benzene rings is 1. The van der Waals surface area contributed by atoms with Gasteiger partial charge in [0, 0.05) is 73.5 Å². The van der Waals surface area contributed by atoms with Crippen LogP contribution < -0.4 is 9.64 Å². The van der Waals surface area contributed by atoms with Crippen molar-refractivity contribution < 1.29 is 4.74 Å². The molecule has 0 aliphatic carbocycles. The number of pyridine rings is 3. The molecular formula is C33H33N7O. The van der Waals surface area contributed by atoms with Gasteiger partial charge in [-0.1, -0.05) is 30.3 Å². The van der Waals surface area contributed by atoms with Crippen molar-refractivity contribution >= 4 is 22.4 Å². The zero-order valence-electron chi connectivity index (χ0n) is 23.3. The molecule has 0 bridgehead atoms. The van der Waals surface area contributed by atoms with Gasteiger partial charge < -0.3 is 19.5 Å². The quantitative estimate of drug-likeness (QED) is 0.320. The Balaban J connectivity index is 1.21. The zero-order valence-corrected chi connectivity index (χ0v) is 23.3. The molecule has 4 aromatic heterocycles. The smallest absolute Gasteiger partial charge is 0.139 e. The van der Waals surface area contributed by atoms with Crippen molar-refractivity contribution in [2.75, 3.05) is 44.7 Å². The van der Waals surface area contributed by atoms with E-state index in [2.05, 4.69) is 62.1 Å². The van der Waals surface area contributed by atoms with Gasteiger partial charge >= 0.3 is 0 Å². The third-order valence-electron chi connectivity index (χ3n) is 7.98. The Morgan fingerprint density at radius 2 is 1.80 bits per heavy atom. The molecule has 41 heavy (non-hydrogen) atoms. The van der Waals surface area contributed by atoms with Crippen molar-refractivity contribution in [2.45, 2.75) is 19.4 Å². The summed E-state index contributed by atoms with van der Waals surface area (Å²) in [6.07, 6.45) is 9.43.